The number of nitrogens with zero attached hydrogens (tertiary/aromatic N) is 1. The molecular formula is C11H11NOS. The van der Waals surface area contributed by atoms with Gasteiger partial charge in [0.2, 0.25) is 5.69 Å². The van der Waals surface area contributed by atoms with Crippen LogP contribution in [0.2, 0.25) is 0 Å². The third-order valence-corrected chi connectivity index (χ3v) is 3.15. The molecule has 0 fully saturated rings. The first-order chi connectivity index (χ1) is 6.68. The van der Waals surface area contributed by atoms with Gasteiger partial charge in [0.05, 0.1) is 0 Å². The van der Waals surface area contributed by atoms with Crippen LogP contribution >= 0.6 is 11.3 Å². The molecule has 0 aliphatic rings. The minimum absolute atomic E-state index is 0.730. The van der Waals surface area contributed by atoms with E-state index in [0.717, 1.165) is 21.0 Å². The Kier molecular flexibility index (Phi) is 2.25. The summed E-state index contributed by atoms with van der Waals surface area (Å²) in [6.07, 6.45) is 0. The third-order valence-electron chi connectivity index (χ3n) is 2.12. The van der Waals surface area contributed by atoms with E-state index < -0.39 is 0 Å². The van der Waals surface area contributed by atoms with Crippen LogP contribution in [0.1, 0.15) is 10.6 Å². The summed E-state index contributed by atoms with van der Waals surface area (Å²) >= 11 is 1.64. The van der Waals surface area contributed by atoms with Crippen molar-refractivity contribution in [2.75, 3.05) is 0 Å². The monoisotopic (exact) mass is 205 g/mol. The number of rotatable bonds is 1. The summed E-state index contributed by atoms with van der Waals surface area (Å²) in [6, 6.07) is 9.60. The van der Waals surface area contributed by atoms with Gasteiger partial charge in [-0.3, -0.25) is 0 Å². The van der Waals surface area contributed by atoms with Crippen LogP contribution in [0, 0.1) is 19.1 Å². The van der Waals surface area contributed by atoms with Gasteiger partial charge in [-0.25, -0.2) is 0 Å². The zero-order valence-electron chi connectivity index (χ0n) is 8.15. The molecule has 2 aromatic rings. The van der Waals surface area contributed by atoms with Crippen molar-refractivity contribution in [3.63, 3.8) is 0 Å². The average molecular weight is 205 g/mol. The Hall–Kier alpha value is -1.35. The number of aromatic nitrogens is 1. The van der Waals surface area contributed by atoms with Gasteiger partial charge in [-0.2, -0.15) is 4.73 Å². The largest absolute Gasteiger partial charge is 0.618 e. The van der Waals surface area contributed by atoms with Crippen molar-refractivity contribution in [3.8, 4) is 10.6 Å². The van der Waals surface area contributed by atoms with Crippen LogP contribution in [-0.2, 0) is 0 Å². The molecule has 2 nitrogen and oxygen atoms in total. The predicted molar refractivity (Wildman–Crippen MR) is 58.2 cm³/mol. The predicted octanol–water partition coefficient (Wildman–Crippen LogP) is 2.67. The molecule has 0 atom stereocenters. The molecule has 0 unspecified atom stereocenters. The number of hydrogen-bond acceptors (Lipinski definition) is 2. The Balaban J connectivity index is 2.57. The maximum atomic E-state index is 11.7. The zero-order chi connectivity index (χ0) is 10.1. The van der Waals surface area contributed by atoms with Gasteiger partial charge in [0.1, 0.15) is 4.88 Å². The van der Waals surface area contributed by atoms with Gasteiger partial charge < -0.3 is 5.21 Å². The minimum Gasteiger partial charge on any atom is -0.618 e. The zero-order valence-corrected chi connectivity index (χ0v) is 8.97. The first-order valence-electron chi connectivity index (χ1n) is 4.44. The second-order valence-electron chi connectivity index (χ2n) is 3.26. The van der Waals surface area contributed by atoms with Crippen molar-refractivity contribution in [2.24, 2.45) is 0 Å². The van der Waals surface area contributed by atoms with Gasteiger partial charge in [0.25, 0.3) is 0 Å². The van der Waals surface area contributed by atoms with E-state index in [0.29, 0.717) is 0 Å². The van der Waals surface area contributed by atoms with Crippen molar-refractivity contribution < 1.29 is 4.73 Å². The second-order valence-corrected chi connectivity index (χ2v) is 4.54. The fourth-order valence-corrected chi connectivity index (χ4v) is 2.23. The fourth-order valence-electron chi connectivity index (χ4n) is 1.36. The van der Waals surface area contributed by atoms with Gasteiger partial charge in [-0.15, -0.1) is 11.3 Å². The standard InChI is InChI=1S/C11H11NOS/c1-8-4-3-5-10(12(8)13)11-7-6-9(2)14-11/h3-7H,1-2H3. The molecule has 0 spiro atoms. The average Bonchev–Trinajstić information content (AvgIpc) is 2.57. The summed E-state index contributed by atoms with van der Waals surface area (Å²) in [4.78, 5) is 2.25. The summed E-state index contributed by atoms with van der Waals surface area (Å²) in [7, 11) is 0. The molecule has 3 heteroatoms. The molecule has 0 saturated heterocycles. The van der Waals surface area contributed by atoms with E-state index >= 15 is 0 Å². The molecule has 2 heterocycles. The van der Waals surface area contributed by atoms with E-state index in [2.05, 4.69) is 0 Å². The van der Waals surface area contributed by atoms with Gasteiger partial charge in [-0.1, -0.05) is 0 Å². The molecule has 0 amide bonds. The molecular weight excluding hydrogens is 194 g/mol. The first kappa shape index (κ1) is 9.21. The molecule has 0 saturated carbocycles. The smallest absolute Gasteiger partial charge is 0.234 e. The molecule has 0 radical (unpaired) electrons. The topological polar surface area (TPSA) is 26.9 Å². The summed E-state index contributed by atoms with van der Waals surface area (Å²) in [5, 5.41) is 11.7. The Morgan fingerprint density at radius 2 is 1.93 bits per heavy atom. The minimum atomic E-state index is 0.730. The van der Waals surface area contributed by atoms with Gasteiger partial charge in [-0.05, 0) is 25.1 Å². The summed E-state index contributed by atoms with van der Waals surface area (Å²) in [5.41, 5.74) is 1.47. The SMILES string of the molecule is Cc1ccc(-c2cccc(C)[n+]2[O-])s1. The van der Waals surface area contributed by atoms with E-state index in [4.69, 9.17) is 0 Å². The highest BCUT2D eigenvalue weighted by atomic mass is 32.1. The van der Waals surface area contributed by atoms with Crippen LogP contribution in [0.25, 0.3) is 10.6 Å². The molecule has 0 aromatic carbocycles. The summed E-state index contributed by atoms with van der Waals surface area (Å²) in [6.45, 7) is 3.86. The van der Waals surface area contributed by atoms with Gasteiger partial charge in [0, 0.05) is 23.9 Å². The van der Waals surface area contributed by atoms with Crippen LogP contribution in [0.15, 0.2) is 30.3 Å². The maximum absolute atomic E-state index is 11.7. The van der Waals surface area contributed by atoms with E-state index in [9.17, 15) is 5.21 Å². The lowest BCUT2D eigenvalue weighted by Crippen LogP contribution is -2.32. The Morgan fingerprint density at radius 3 is 2.57 bits per heavy atom. The summed E-state index contributed by atoms with van der Waals surface area (Å²) < 4.78 is 0.977. The number of hydrogen-bond donors (Lipinski definition) is 0. The fraction of sp³-hybridized carbons (Fsp3) is 0.182. The molecule has 14 heavy (non-hydrogen) atoms. The Labute approximate surface area is 87.0 Å². The van der Waals surface area contributed by atoms with Crippen LogP contribution < -0.4 is 4.73 Å². The highest BCUT2D eigenvalue weighted by Gasteiger charge is 2.11. The summed E-state index contributed by atoms with van der Waals surface area (Å²) in [5.74, 6) is 0. The van der Waals surface area contributed by atoms with Gasteiger partial charge >= 0.3 is 0 Å². The Bertz CT molecular complexity index is 462. The van der Waals surface area contributed by atoms with Crippen LogP contribution in [0.5, 0.6) is 0 Å². The van der Waals surface area contributed by atoms with E-state index in [1.807, 2.05) is 44.2 Å². The molecule has 0 aliphatic heterocycles. The highest BCUT2D eigenvalue weighted by molar-refractivity contribution is 7.15. The molecule has 0 bridgehead atoms. The Morgan fingerprint density at radius 1 is 1.14 bits per heavy atom. The van der Waals surface area contributed by atoms with Crippen molar-refractivity contribution in [2.45, 2.75) is 13.8 Å². The molecule has 72 valence electrons. The quantitative estimate of drug-likeness (QED) is 0.519. The lowest BCUT2D eigenvalue weighted by Gasteiger charge is -2.04. The first-order valence-corrected chi connectivity index (χ1v) is 5.26. The van der Waals surface area contributed by atoms with Crippen molar-refractivity contribution >= 4 is 11.3 Å². The number of aryl methyl sites for hydroxylation is 2. The van der Waals surface area contributed by atoms with Crippen molar-refractivity contribution in [1.82, 2.24) is 0 Å². The highest BCUT2D eigenvalue weighted by Crippen LogP contribution is 2.24. The van der Waals surface area contributed by atoms with E-state index in [-0.39, 0.29) is 0 Å². The number of thiophene rings is 1. The van der Waals surface area contributed by atoms with E-state index in [1.54, 1.807) is 11.3 Å². The normalized spacial score (nSPS) is 10.4. The van der Waals surface area contributed by atoms with E-state index in [1.165, 1.54) is 4.88 Å². The maximum Gasteiger partial charge on any atom is 0.234 e. The van der Waals surface area contributed by atoms with Crippen LogP contribution in [0.3, 0.4) is 0 Å². The lowest BCUT2D eigenvalue weighted by molar-refractivity contribution is -0.600. The van der Waals surface area contributed by atoms with Crippen LogP contribution in [0.4, 0.5) is 0 Å². The lowest BCUT2D eigenvalue weighted by atomic mass is 10.2. The van der Waals surface area contributed by atoms with Crippen molar-refractivity contribution in [3.05, 3.63) is 46.1 Å². The van der Waals surface area contributed by atoms with Crippen LogP contribution in [-0.4, -0.2) is 0 Å². The number of pyridine rings is 1. The molecule has 0 aliphatic carbocycles. The van der Waals surface area contributed by atoms with Crippen molar-refractivity contribution in [1.29, 1.82) is 0 Å². The molecule has 2 aromatic heterocycles. The van der Waals surface area contributed by atoms with Gasteiger partial charge in [0.15, 0.2) is 5.69 Å². The second kappa shape index (κ2) is 3.42. The molecule has 0 N–H and O–H groups in total. The third kappa shape index (κ3) is 1.51. The molecule has 2 rings (SSSR count).